The van der Waals surface area contributed by atoms with Crippen LogP contribution in [0.25, 0.3) is 0 Å². The summed E-state index contributed by atoms with van der Waals surface area (Å²) in [5.74, 6) is 3.44. The minimum atomic E-state index is 0.0808. The van der Waals surface area contributed by atoms with Gasteiger partial charge in [0.05, 0.1) is 6.10 Å². The maximum Gasteiger partial charge on any atom is 0.220 e. The number of nitrogens with one attached hydrogen (secondary N) is 1. The number of aryl methyl sites for hydroxylation is 1. The van der Waals surface area contributed by atoms with E-state index in [0.29, 0.717) is 31.9 Å². The van der Waals surface area contributed by atoms with E-state index >= 15 is 0 Å². The monoisotopic (exact) mass is 293 g/mol. The van der Waals surface area contributed by atoms with Gasteiger partial charge in [-0.1, -0.05) is 6.92 Å². The molecule has 1 aliphatic carbocycles. The average molecular weight is 293 g/mol. The molecule has 0 aromatic carbocycles. The summed E-state index contributed by atoms with van der Waals surface area (Å²) >= 11 is 0. The van der Waals surface area contributed by atoms with Gasteiger partial charge in [-0.15, -0.1) is 0 Å². The molecule has 1 fully saturated rings. The number of carbonyl (C=O) groups excluding carboxylic acids is 1. The highest BCUT2D eigenvalue weighted by Gasteiger charge is 2.36. The summed E-state index contributed by atoms with van der Waals surface area (Å²) in [4.78, 5) is 11.7. The summed E-state index contributed by atoms with van der Waals surface area (Å²) in [6.45, 7) is 7.63. The third-order valence-electron chi connectivity index (χ3n) is 3.85. The zero-order valence-corrected chi connectivity index (χ0v) is 13.4. The van der Waals surface area contributed by atoms with Gasteiger partial charge in [-0.05, 0) is 44.7 Å². The fourth-order valence-electron chi connectivity index (χ4n) is 2.39. The van der Waals surface area contributed by atoms with E-state index in [0.717, 1.165) is 23.9 Å². The molecule has 0 unspecified atom stereocenters. The number of rotatable bonds is 9. The molecule has 1 amide bonds. The zero-order chi connectivity index (χ0) is 15.2. The lowest BCUT2D eigenvalue weighted by Crippen LogP contribution is -2.25. The smallest absolute Gasteiger partial charge is 0.220 e. The summed E-state index contributed by atoms with van der Waals surface area (Å²) in [5, 5.41) is 2.92. The SMILES string of the molecule is CC(C)OCCCNC(=O)CCc1ccc([C@H]2C[C@@H]2C)o1. The number of furan rings is 1. The maximum atomic E-state index is 11.7. The molecule has 21 heavy (non-hydrogen) atoms. The standard InChI is InChI=1S/C17H27NO3/c1-12(2)20-10-4-9-18-17(19)8-6-14-5-7-16(21-14)15-11-13(15)3/h5,7,12-13,15H,4,6,8-11H2,1-3H3,(H,18,19)/t13-,15-/m0/s1. The summed E-state index contributed by atoms with van der Waals surface area (Å²) < 4.78 is 11.2. The Morgan fingerprint density at radius 1 is 1.48 bits per heavy atom. The van der Waals surface area contributed by atoms with Crippen LogP contribution >= 0.6 is 0 Å². The topological polar surface area (TPSA) is 51.5 Å². The Labute approximate surface area is 127 Å². The van der Waals surface area contributed by atoms with Crippen molar-refractivity contribution in [3.63, 3.8) is 0 Å². The van der Waals surface area contributed by atoms with E-state index in [1.807, 2.05) is 19.9 Å². The molecule has 1 aromatic rings. The van der Waals surface area contributed by atoms with Gasteiger partial charge < -0.3 is 14.5 Å². The molecule has 1 aliphatic rings. The van der Waals surface area contributed by atoms with Crippen LogP contribution in [-0.2, 0) is 16.0 Å². The molecule has 0 spiro atoms. The van der Waals surface area contributed by atoms with Crippen LogP contribution in [0.5, 0.6) is 0 Å². The predicted octanol–water partition coefficient (Wildman–Crippen LogP) is 3.27. The number of ether oxygens (including phenoxy) is 1. The molecule has 2 atom stereocenters. The van der Waals surface area contributed by atoms with E-state index in [1.54, 1.807) is 0 Å². The summed E-state index contributed by atoms with van der Waals surface area (Å²) in [7, 11) is 0. The Kier molecular flexibility index (Phi) is 5.85. The van der Waals surface area contributed by atoms with E-state index < -0.39 is 0 Å². The van der Waals surface area contributed by atoms with Crippen molar-refractivity contribution in [3.05, 3.63) is 23.7 Å². The van der Waals surface area contributed by atoms with Crippen molar-refractivity contribution in [3.8, 4) is 0 Å². The van der Waals surface area contributed by atoms with E-state index in [4.69, 9.17) is 9.15 Å². The molecule has 0 bridgehead atoms. The van der Waals surface area contributed by atoms with Gasteiger partial charge >= 0.3 is 0 Å². The van der Waals surface area contributed by atoms with Gasteiger partial charge in [0.15, 0.2) is 0 Å². The minimum absolute atomic E-state index is 0.0808. The molecule has 4 heteroatoms. The van der Waals surface area contributed by atoms with Crippen molar-refractivity contribution < 1.29 is 13.9 Å². The molecule has 1 heterocycles. The Bertz CT molecular complexity index is 453. The van der Waals surface area contributed by atoms with Crippen LogP contribution in [0.15, 0.2) is 16.5 Å². The molecule has 1 saturated carbocycles. The Hall–Kier alpha value is -1.29. The first-order valence-electron chi connectivity index (χ1n) is 8.03. The molecule has 2 rings (SSSR count). The largest absolute Gasteiger partial charge is 0.466 e. The van der Waals surface area contributed by atoms with Gasteiger partial charge in [-0.2, -0.15) is 0 Å². The second-order valence-corrected chi connectivity index (χ2v) is 6.25. The van der Waals surface area contributed by atoms with Gasteiger partial charge in [0.1, 0.15) is 11.5 Å². The Morgan fingerprint density at radius 2 is 2.24 bits per heavy atom. The van der Waals surface area contributed by atoms with Crippen LogP contribution in [0.1, 0.15) is 57.5 Å². The predicted molar refractivity (Wildman–Crippen MR) is 82.3 cm³/mol. The lowest BCUT2D eigenvalue weighted by molar-refractivity contribution is -0.121. The molecule has 1 N–H and O–H groups in total. The number of hydrogen-bond donors (Lipinski definition) is 1. The molecule has 4 nitrogen and oxygen atoms in total. The summed E-state index contributed by atoms with van der Waals surface area (Å²) in [5.41, 5.74) is 0. The third kappa shape index (κ3) is 5.54. The van der Waals surface area contributed by atoms with Crippen molar-refractivity contribution in [2.24, 2.45) is 5.92 Å². The lowest BCUT2D eigenvalue weighted by atomic mass is 10.2. The lowest BCUT2D eigenvalue weighted by Gasteiger charge is -2.08. The quantitative estimate of drug-likeness (QED) is 0.711. The van der Waals surface area contributed by atoms with E-state index in [-0.39, 0.29) is 12.0 Å². The van der Waals surface area contributed by atoms with Gasteiger partial charge in [0.2, 0.25) is 5.91 Å². The minimum Gasteiger partial charge on any atom is -0.466 e. The third-order valence-corrected chi connectivity index (χ3v) is 3.85. The second-order valence-electron chi connectivity index (χ2n) is 6.25. The van der Waals surface area contributed by atoms with Gasteiger partial charge in [-0.3, -0.25) is 4.79 Å². The second kappa shape index (κ2) is 7.64. The number of amides is 1. The first-order valence-corrected chi connectivity index (χ1v) is 8.03. The highest BCUT2D eigenvalue weighted by molar-refractivity contribution is 5.76. The molecule has 0 aliphatic heterocycles. The van der Waals surface area contributed by atoms with Crippen molar-refractivity contribution in [1.82, 2.24) is 5.32 Å². The normalized spacial score (nSPS) is 20.8. The van der Waals surface area contributed by atoms with Crippen molar-refractivity contribution in [2.45, 2.75) is 58.5 Å². The van der Waals surface area contributed by atoms with Crippen molar-refractivity contribution in [2.75, 3.05) is 13.2 Å². The average Bonchev–Trinajstić information content (AvgIpc) is 2.99. The Balaban J connectivity index is 1.57. The van der Waals surface area contributed by atoms with Crippen LogP contribution in [0.3, 0.4) is 0 Å². The molecule has 118 valence electrons. The Morgan fingerprint density at radius 3 is 2.90 bits per heavy atom. The molecular weight excluding hydrogens is 266 g/mol. The summed E-state index contributed by atoms with van der Waals surface area (Å²) in [6, 6.07) is 4.06. The van der Waals surface area contributed by atoms with Crippen LogP contribution in [0.2, 0.25) is 0 Å². The van der Waals surface area contributed by atoms with Crippen LogP contribution < -0.4 is 5.32 Å². The summed E-state index contributed by atoms with van der Waals surface area (Å²) in [6.07, 6.45) is 3.50. The van der Waals surface area contributed by atoms with Crippen molar-refractivity contribution >= 4 is 5.91 Å². The highest BCUT2D eigenvalue weighted by atomic mass is 16.5. The van der Waals surface area contributed by atoms with E-state index in [9.17, 15) is 4.79 Å². The molecular formula is C17H27NO3. The fraction of sp³-hybridized carbons (Fsp3) is 0.706. The van der Waals surface area contributed by atoms with E-state index in [1.165, 1.54) is 6.42 Å². The molecule has 1 aromatic heterocycles. The number of hydrogen-bond acceptors (Lipinski definition) is 3. The van der Waals surface area contributed by atoms with Gasteiger partial charge in [0.25, 0.3) is 0 Å². The number of carbonyl (C=O) groups is 1. The van der Waals surface area contributed by atoms with E-state index in [2.05, 4.69) is 18.3 Å². The van der Waals surface area contributed by atoms with Gasteiger partial charge in [0, 0.05) is 31.9 Å². The van der Waals surface area contributed by atoms with Gasteiger partial charge in [-0.25, -0.2) is 0 Å². The van der Waals surface area contributed by atoms with Crippen LogP contribution in [0.4, 0.5) is 0 Å². The first kappa shape index (κ1) is 16.1. The zero-order valence-electron chi connectivity index (χ0n) is 13.4. The first-order chi connectivity index (χ1) is 10.1. The highest BCUT2D eigenvalue weighted by Crippen LogP contribution is 2.47. The maximum absolute atomic E-state index is 11.7. The fourth-order valence-corrected chi connectivity index (χ4v) is 2.39. The molecule has 0 saturated heterocycles. The van der Waals surface area contributed by atoms with Crippen molar-refractivity contribution in [1.29, 1.82) is 0 Å². The van der Waals surface area contributed by atoms with Crippen LogP contribution in [-0.4, -0.2) is 25.2 Å². The molecule has 0 radical (unpaired) electrons. The van der Waals surface area contributed by atoms with Crippen LogP contribution in [0, 0.1) is 5.92 Å².